The first-order valence-corrected chi connectivity index (χ1v) is 12.7. The van der Waals surface area contributed by atoms with Gasteiger partial charge in [-0.2, -0.15) is 0 Å². The third-order valence-corrected chi connectivity index (χ3v) is 7.59. The summed E-state index contributed by atoms with van der Waals surface area (Å²) in [6.07, 6.45) is 0.729. The van der Waals surface area contributed by atoms with Gasteiger partial charge in [-0.25, -0.2) is 12.8 Å². The van der Waals surface area contributed by atoms with Crippen LogP contribution in [0.2, 0.25) is 0 Å². The standard InChI is InChI=1S/C24H25FN2O4S2/c1-31-21-12-14-23(15-13-21)33(29,30)27(20-10-8-19(25)9-11-20)18-24(28)26-16-5-17-32-22-6-3-2-4-7-22/h2-4,6-15H,5,16-18H2,1H3,(H,26,28). The number of hydrogen-bond donors (Lipinski definition) is 1. The van der Waals surface area contributed by atoms with Gasteiger partial charge in [0.1, 0.15) is 18.1 Å². The summed E-state index contributed by atoms with van der Waals surface area (Å²) >= 11 is 1.69. The molecule has 0 radical (unpaired) electrons. The summed E-state index contributed by atoms with van der Waals surface area (Å²) in [6, 6.07) is 20.8. The van der Waals surface area contributed by atoms with Crippen LogP contribution in [0.3, 0.4) is 0 Å². The molecule has 0 spiro atoms. The van der Waals surface area contributed by atoms with Crippen LogP contribution in [0.1, 0.15) is 6.42 Å². The molecule has 1 N–H and O–H groups in total. The van der Waals surface area contributed by atoms with Crippen LogP contribution in [0.4, 0.5) is 10.1 Å². The van der Waals surface area contributed by atoms with E-state index in [2.05, 4.69) is 5.32 Å². The zero-order valence-corrected chi connectivity index (χ0v) is 19.7. The number of nitrogens with one attached hydrogen (secondary N) is 1. The summed E-state index contributed by atoms with van der Waals surface area (Å²) < 4.78 is 46.1. The van der Waals surface area contributed by atoms with Gasteiger partial charge in [0, 0.05) is 11.4 Å². The zero-order valence-electron chi connectivity index (χ0n) is 18.1. The average Bonchev–Trinajstić information content (AvgIpc) is 2.83. The first-order chi connectivity index (χ1) is 15.9. The van der Waals surface area contributed by atoms with Crippen LogP contribution >= 0.6 is 11.8 Å². The fourth-order valence-electron chi connectivity index (χ4n) is 2.99. The molecule has 0 fully saturated rings. The SMILES string of the molecule is COc1ccc(S(=O)(=O)N(CC(=O)NCCCSc2ccccc2)c2ccc(F)cc2)cc1. The topological polar surface area (TPSA) is 75.7 Å². The predicted molar refractivity (Wildman–Crippen MR) is 129 cm³/mol. The number of methoxy groups -OCH3 is 1. The molecular formula is C24H25FN2O4S2. The molecular weight excluding hydrogens is 463 g/mol. The normalized spacial score (nSPS) is 11.1. The van der Waals surface area contributed by atoms with Crippen molar-refractivity contribution in [1.29, 1.82) is 0 Å². The van der Waals surface area contributed by atoms with Crippen molar-refractivity contribution in [2.45, 2.75) is 16.2 Å². The predicted octanol–water partition coefficient (Wildman–Crippen LogP) is 4.33. The van der Waals surface area contributed by atoms with Gasteiger partial charge in [-0.15, -0.1) is 11.8 Å². The summed E-state index contributed by atoms with van der Waals surface area (Å²) in [5.74, 6) is 0.381. The van der Waals surface area contributed by atoms with E-state index in [-0.39, 0.29) is 10.6 Å². The second-order valence-electron chi connectivity index (χ2n) is 7.03. The number of amides is 1. The molecule has 3 aromatic carbocycles. The minimum Gasteiger partial charge on any atom is -0.497 e. The molecule has 3 aromatic rings. The van der Waals surface area contributed by atoms with Crippen molar-refractivity contribution in [3.63, 3.8) is 0 Å². The Kier molecular flexibility index (Phi) is 8.73. The second-order valence-corrected chi connectivity index (χ2v) is 10.1. The smallest absolute Gasteiger partial charge is 0.264 e. The maximum absolute atomic E-state index is 13.4. The minimum absolute atomic E-state index is 0.000291. The highest BCUT2D eigenvalue weighted by Gasteiger charge is 2.27. The number of sulfonamides is 1. The summed E-state index contributed by atoms with van der Waals surface area (Å²) in [6.45, 7) is -0.00959. The Hall–Kier alpha value is -3.04. The molecule has 33 heavy (non-hydrogen) atoms. The first kappa shape index (κ1) is 24.6. The molecule has 0 aliphatic heterocycles. The Balaban J connectivity index is 1.66. The van der Waals surface area contributed by atoms with E-state index in [0.717, 1.165) is 33.5 Å². The number of rotatable bonds is 11. The molecule has 0 aliphatic carbocycles. The number of carbonyl (C=O) groups excluding carboxylic acids is 1. The molecule has 0 saturated carbocycles. The van der Waals surface area contributed by atoms with Gasteiger partial charge in [0.2, 0.25) is 5.91 Å². The third-order valence-electron chi connectivity index (χ3n) is 4.70. The Morgan fingerprint density at radius 2 is 1.67 bits per heavy atom. The van der Waals surface area contributed by atoms with E-state index < -0.39 is 28.3 Å². The molecule has 174 valence electrons. The molecule has 0 aromatic heterocycles. The summed E-state index contributed by atoms with van der Waals surface area (Å²) in [4.78, 5) is 13.7. The van der Waals surface area contributed by atoms with Crippen molar-refractivity contribution < 1.29 is 22.3 Å². The number of carbonyl (C=O) groups is 1. The molecule has 0 aliphatic rings. The lowest BCUT2D eigenvalue weighted by atomic mass is 10.3. The van der Waals surface area contributed by atoms with E-state index in [1.165, 1.54) is 43.5 Å². The van der Waals surface area contributed by atoms with Crippen LogP contribution < -0.4 is 14.4 Å². The van der Waals surface area contributed by atoms with E-state index in [9.17, 15) is 17.6 Å². The Labute approximate surface area is 197 Å². The van der Waals surface area contributed by atoms with Crippen LogP contribution in [0, 0.1) is 5.82 Å². The van der Waals surface area contributed by atoms with Crippen molar-refractivity contribution in [1.82, 2.24) is 5.32 Å². The number of thioether (sulfide) groups is 1. The number of halogens is 1. The average molecular weight is 489 g/mol. The van der Waals surface area contributed by atoms with E-state index in [0.29, 0.717) is 12.3 Å². The maximum Gasteiger partial charge on any atom is 0.264 e. The lowest BCUT2D eigenvalue weighted by Crippen LogP contribution is -2.41. The number of nitrogens with zero attached hydrogens (tertiary/aromatic N) is 1. The largest absolute Gasteiger partial charge is 0.497 e. The molecule has 0 saturated heterocycles. The van der Waals surface area contributed by atoms with E-state index in [1.54, 1.807) is 11.8 Å². The van der Waals surface area contributed by atoms with Crippen molar-refractivity contribution >= 4 is 33.4 Å². The highest BCUT2D eigenvalue weighted by Crippen LogP contribution is 2.25. The van der Waals surface area contributed by atoms with Gasteiger partial charge in [-0.1, -0.05) is 18.2 Å². The second kappa shape index (κ2) is 11.7. The lowest BCUT2D eigenvalue weighted by molar-refractivity contribution is -0.119. The molecule has 1 amide bonds. The zero-order chi connectivity index (χ0) is 23.7. The molecule has 0 bridgehead atoms. The highest BCUT2D eigenvalue weighted by molar-refractivity contribution is 7.99. The fraction of sp³-hybridized carbons (Fsp3) is 0.208. The Morgan fingerprint density at radius 1 is 1.00 bits per heavy atom. The summed E-state index contributed by atoms with van der Waals surface area (Å²) in [5, 5.41) is 2.77. The van der Waals surface area contributed by atoms with Gasteiger partial charge >= 0.3 is 0 Å². The van der Waals surface area contributed by atoms with Crippen molar-refractivity contribution in [2.24, 2.45) is 0 Å². The molecule has 6 nitrogen and oxygen atoms in total. The monoisotopic (exact) mass is 488 g/mol. The van der Waals surface area contributed by atoms with Crippen LogP contribution in [0.5, 0.6) is 5.75 Å². The molecule has 0 unspecified atom stereocenters. The number of ether oxygens (including phenoxy) is 1. The van der Waals surface area contributed by atoms with Gasteiger partial charge < -0.3 is 10.1 Å². The van der Waals surface area contributed by atoms with Crippen LogP contribution in [-0.2, 0) is 14.8 Å². The van der Waals surface area contributed by atoms with Crippen LogP contribution in [0.15, 0.2) is 88.7 Å². The van der Waals surface area contributed by atoms with Gasteiger partial charge in [0.25, 0.3) is 10.0 Å². The van der Waals surface area contributed by atoms with Gasteiger partial charge in [-0.05, 0) is 72.8 Å². The highest BCUT2D eigenvalue weighted by atomic mass is 32.2. The quantitative estimate of drug-likeness (QED) is 0.321. The van der Waals surface area contributed by atoms with Gasteiger partial charge in [-0.3, -0.25) is 9.10 Å². The fourth-order valence-corrected chi connectivity index (χ4v) is 5.29. The van der Waals surface area contributed by atoms with E-state index in [1.807, 2.05) is 30.3 Å². The van der Waals surface area contributed by atoms with Crippen LogP contribution in [-0.4, -0.2) is 40.3 Å². The number of hydrogen-bond acceptors (Lipinski definition) is 5. The number of benzene rings is 3. The molecule has 0 heterocycles. The molecule has 3 rings (SSSR count). The van der Waals surface area contributed by atoms with Crippen molar-refractivity contribution in [3.05, 3.63) is 84.7 Å². The summed E-state index contributed by atoms with van der Waals surface area (Å²) in [5.41, 5.74) is 0.196. The third kappa shape index (κ3) is 6.97. The minimum atomic E-state index is -4.07. The lowest BCUT2D eigenvalue weighted by Gasteiger charge is -2.24. The molecule has 9 heteroatoms. The number of anilines is 1. The van der Waals surface area contributed by atoms with Gasteiger partial charge in [0.05, 0.1) is 17.7 Å². The van der Waals surface area contributed by atoms with Crippen LogP contribution in [0.25, 0.3) is 0 Å². The molecule has 0 atom stereocenters. The van der Waals surface area contributed by atoms with Gasteiger partial charge in [0.15, 0.2) is 0 Å². The first-order valence-electron chi connectivity index (χ1n) is 10.3. The maximum atomic E-state index is 13.4. The Morgan fingerprint density at radius 3 is 2.30 bits per heavy atom. The van der Waals surface area contributed by atoms with Crippen molar-refractivity contribution in [3.8, 4) is 5.75 Å². The van der Waals surface area contributed by atoms with Crippen molar-refractivity contribution in [2.75, 3.05) is 30.3 Å². The summed E-state index contributed by atoms with van der Waals surface area (Å²) in [7, 11) is -2.58. The Bertz CT molecular complexity index is 1140. The van der Waals surface area contributed by atoms with E-state index in [4.69, 9.17) is 4.74 Å². The van der Waals surface area contributed by atoms with E-state index >= 15 is 0 Å².